The molecule has 8 nitrogen and oxygen atoms in total. The number of nitrogens with one attached hydrogen (secondary N) is 2. The summed E-state index contributed by atoms with van der Waals surface area (Å²) in [6.45, 7) is 2.63. The second kappa shape index (κ2) is 10.4. The van der Waals surface area contributed by atoms with Crippen molar-refractivity contribution in [2.75, 3.05) is 37.5 Å². The first-order chi connectivity index (χ1) is 17.7. The third-order valence-corrected chi connectivity index (χ3v) is 6.16. The average Bonchev–Trinajstić information content (AvgIpc) is 3.23. The van der Waals surface area contributed by atoms with E-state index in [1.807, 2.05) is 19.3 Å². The van der Waals surface area contributed by atoms with Gasteiger partial charge in [-0.15, -0.1) is 0 Å². The number of H-pyrrole nitrogens is 1. The smallest absolute Gasteiger partial charge is 0.292 e. The van der Waals surface area contributed by atoms with Crippen molar-refractivity contribution in [3.63, 3.8) is 0 Å². The number of hydrogen-bond donors (Lipinski definition) is 2. The number of imidazole rings is 1. The molecule has 2 aromatic heterocycles. The van der Waals surface area contributed by atoms with Crippen molar-refractivity contribution in [2.24, 2.45) is 0 Å². The maximum Gasteiger partial charge on any atom is 0.292 e. The van der Waals surface area contributed by atoms with Gasteiger partial charge >= 0.3 is 0 Å². The number of para-hydroxylation sites is 1. The Balaban J connectivity index is 0.000000623. The van der Waals surface area contributed by atoms with E-state index in [4.69, 9.17) is 9.53 Å². The number of ether oxygens (including phenoxy) is 2. The third-order valence-electron chi connectivity index (χ3n) is 6.16. The van der Waals surface area contributed by atoms with E-state index in [1.54, 1.807) is 0 Å². The van der Waals surface area contributed by atoms with E-state index in [-0.39, 0.29) is 0 Å². The molecule has 3 aromatic carbocycles. The highest BCUT2D eigenvalue weighted by Gasteiger charge is 2.18. The summed E-state index contributed by atoms with van der Waals surface area (Å²) < 4.78 is 9.97. The van der Waals surface area contributed by atoms with Gasteiger partial charge in [0.2, 0.25) is 5.95 Å². The van der Waals surface area contributed by atoms with Gasteiger partial charge in [-0.05, 0) is 47.5 Å². The predicted molar refractivity (Wildman–Crippen MR) is 142 cm³/mol. The molecule has 0 unspecified atom stereocenters. The number of carbonyl (C=O) groups is 1. The second-order valence-corrected chi connectivity index (χ2v) is 8.34. The van der Waals surface area contributed by atoms with E-state index >= 15 is 0 Å². The fourth-order valence-electron chi connectivity index (χ4n) is 4.44. The molecule has 1 aliphatic heterocycles. The van der Waals surface area contributed by atoms with Gasteiger partial charge in [-0.3, -0.25) is 9.78 Å². The summed E-state index contributed by atoms with van der Waals surface area (Å²) in [6.07, 6.45) is 1.89. The number of rotatable bonds is 4. The highest BCUT2D eigenvalue weighted by atomic mass is 16.5. The molecule has 0 saturated carbocycles. The minimum absolute atomic E-state index is 0.375. The summed E-state index contributed by atoms with van der Waals surface area (Å²) in [5, 5.41) is 4.23. The van der Waals surface area contributed by atoms with Crippen molar-refractivity contribution >= 4 is 40.0 Å². The first kappa shape index (κ1) is 23.2. The van der Waals surface area contributed by atoms with Gasteiger partial charge in [0.25, 0.3) is 6.47 Å². The summed E-state index contributed by atoms with van der Waals surface area (Å²) >= 11 is 0. The molecule has 3 heterocycles. The van der Waals surface area contributed by atoms with E-state index in [0.29, 0.717) is 13.1 Å². The molecule has 0 spiro atoms. The Bertz CT molecular complexity index is 1510. The van der Waals surface area contributed by atoms with Crippen LogP contribution >= 0.6 is 0 Å². The quantitative estimate of drug-likeness (QED) is 0.349. The molecule has 0 fully saturated rings. The minimum Gasteiger partial charge on any atom is -0.491 e. The monoisotopic (exact) mass is 481 g/mol. The summed E-state index contributed by atoms with van der Waals surface area (Å²) in [6, 6.07) is 23.2. The van der Waals surface area contributed by atoms with Gasteiger partial charge in [0, 0.05) is 36.4 Å². The summed E-state index contributed by atoms with van der Waals surface area (Å²) in [5.41, 5.74) is 7.67. The SMILES string of the molecule is CNc1nc2ccc(-c3ccc4c(c3)CN(c3ccnc5ccccc35)CCO4)cc2[nH]1.COC=O. The number of aromatic amines is 1. The van der Waals surface area contributed by atoms with Gasteiger partial charge in [0.05, 0.1) is 30.2 Å². The molecule has 0 bridgehead atoms. The lowest BCUT2D eigenvalue weighted by atomic mass is 10.0. The van der Waals surface area contributed by atoms with Crippen molar-refractivity contribution in [3.8, 4) is 16.9 Å². The number of methoxy groups -OCH3 is 1. The van der Waals surface area contributed by atoms with Crippen LogP contribution in [0, 0.1) is 0 Å². The summed E-state index contributed by atoms with van der Waals surface area (Å²) in [5.74, 6) is 1.72. The van der Waals surface area contributed by atoms with Crippen LogP contribution in [0.15, 0.2) is 72.9 Å². The normalized spacial score (nSPS) is 12.7. The van der Waals surface area contributed by atoms with Crippen LogP contribution in [-0.4, -0.2) is 48.7 Å². The predicted octanol–water partition coefficient (Wildman–Crippen LogP) is 5.01. The lowest BCUT2D eigenvalue weighted by Crippen LogP contribution is -2.25. The molecule has 36 heavy (non-hydrogen) atoms. The number of fused-ring (bicyclic) bond motifs is 3. The zero-order valence-corrected chi connectivity index (χ0v) is 20.2. The second-order valence-electron chi connectivity index (χ2n) is 8.34. The number of benzene rings is 3. The van der Waals surface area contributed by atoms with Crippen LogP contribution < -0.4 is 15.0 Å². The van der Waals surface area contributed by atoms with E-state index < -0.39 is 0 Å². The van der Waals surface area contributed by atoms with Gasteiger partial charge < -0.3 is 24.7 Å². The number of nitrogens with zero attached hydrogens (tertiary/aromatic N) is 3. The van der Waals surface area contributed by atoms with Crippen molar-refractivity contribution in [1.29, 1.82) is 0 Å². The molecule has 2 N–H and O–H groups in total. The highest BCUT2D eigenvalue weighted by molar-refractivity contribution is 5.91. The highest BCUT2D eigenvalue weighted by Crippen LogP contribution is 2.33. The molecule has 1 aliphatic rings. The van der Waals surface area contributed by atoms with E-state index in [1.165, 1.54) is 23.7 Å². The molecule has 0 saturated heterocycles. The Hall–Kier alpha value is -4.59. The van der Waals surface area contributed by atoms with Crippen molar-refractivity contribution in [1.82, 2.24) is 15.0 Å². The third kappa shape index (κ3) is 4.65. The van der Waals surface area contributed by atoms with Crippen LogP contribution in [0.5, 0.6) is 5.75 Å². The number of pyridine rings is 1. The van der Waals surface area contributed by atoms with Crippen LogP contribution in [0.3, 0.4) is 0 Å². The minimum atomic E-state index is 0.375. The van der Waals surface area contributed by atoms with E-state index in [0.717, 1.165) is 52.5 Å². The van der Waals surface area contributed by atoms with Gasteiger partial charge in [-0.25, -0.2) is 4.98 Å². The lowest BCUT2D eigenvalue weighted by Gasteiger charge is -2.23. The maximum atomic E-state index is 8.95. The van der Waals surface area contributed by atoms with Crippen molar-refractivity contribution < 1.29 is 14.3 Å². The van der Waals surface area contributed by atoms with Crippen LogP contribution in [0.4, 0.5) is 11.6 Å². The zero-order chi connectivity index (χ0) is 24.9. The number of anilines is 2. The Morgan fingerprint density at radius 1 is 1.06 bits per heavy atom. The Kier molecular flexibility index (Phi) is 6.66. The van der Waals surface area contributed by atoms with Crippen molar-refractivity contribution in [3.05, 3.63) is 78.5 Å². The molecular weight excluding hydrogens is 454 g/mol. The van der Waals surface area contributed by atoms with Crippen LogP contribution in [0.1, 0.15) is 5.56 Å². The van der Waals surface area contributed by atoms with Crippen molar-refractivity contribution in [2.45, 2.75) is 6.54 Å². The van der Waals surface area contributed by atoms with Crippen LogP contribution in [0.25, 0.3) is 33.1 Å². The van der Waals surface area contributed by atoms with Crippen LogP contribution in [-0.2, 0) is 16.1 Å². The lowest BCUT2D eigenvalue weighted by molar-refractivity contribution is -0.126. The molecule has 0 radical (unpaired) electrons. The molecule has 6 rings (SSSR count). The molecule has 182 valence electrons. The van der Waals surface area contributed by atoms with E-state index in [2.05, 4.69) is 90.6 Å². The fraction of sp³-hybridized carbons (Fsp3) is 0.179. The fourth-order valence-corrected chi connectivity index (χ4v) is 4.44. The Labute approximate surface area is 208 Å². The number of aromatic nitrogens is 3. The molecular formula is C28H27N5O3. The van der Waals surface area contributed by atoms with Gasteiger partial charge in [0.15, 0.2) is 0 Å². The Morgan fingerprint density at radius 3 is 2.69 bits per heavy atom. The maximum absolute atomic E-state index is 8.95. The molecule has 8 heteroatoms. The topological polar surface area (TPSA) is 92.4 Å². The van der Waals surface area contributed by atoms with Gasteiger partial charge in [0.1, 0.15) is 12.4 Å². The largest absolute Gasteiger partial charge is 0.491 e. The molecule has 0 atom stereocenters. The van der Waals surface area contributed by atoms with E-state index in [9.17, 15) is 0 Å². The molecule has 0 amide bonds. The first-order valence-corrected chi connectivity index (χ1v) is 11.7. The Morgan fingerprint density at radius 2 is 1.86 bits per heavy atom. The molecule has 0 aliphatic carbocycles. The number of carbonyl (C=O) groups excluding carboxylic acids is 1. The summed E-state index contributed by atoms with van der Waals surface area (Å²) in [7, 11) is 3.18. The van der Waals surface area contributed by atoms with Gasteiger partial charge in [-0.1, -0.05) is 30.3 Å². The zero-order valence-electron chi connectivity index (χ0n) is 20.2. The number of hydrogen-bond acceptors (Lipinski definition) is 7. The molecule has 5 aromatic rings. The van der Waals surface area contributed by atoms with Crippen LogP contribution in [0.2, 0.25) is 0 Å². The first-order valence-electron chi connectivity index (χ1n) is 11.7. The standard InChI is InChI=1S/C26H23N5O.C2H4O2/c1-27-26-29-22-8-6-18(15-23(22)30-26)17-7-9-25-19(14-17)16-31(12-13-32-25)24-10-11-28-21-5-3-2-4-20(21)24;1-4-2-3/h2-11,14-15H,12-13,16H2,1H3,(H2,27,29,30);2H,1H3. The summed E-state index contributed by atoms with van der Waals surface area (Å²) in [4.78, 5) is 23.7. The van der Waals surface area contributed by atoms with Gasteiger partial charge in [-0.2, -0.15) is 0 Å². The average molecular weight is 482 g/mol.